The van der Waals surface area contributed by atoms with Crippen LogP contribution in [-0.4, -0.2) is 17.1 Å². The molecule has 7 nitrogen and oxygen atoms in total. The molecule has 0 unspecified atom stereocenters. The number of rotatable bonds is 9. The van der Waals surface area contributed by atoms with Crippen LogP contribution >= 0.6 is 27.3 Å². The van der Waals surface area contributed by atoms with E-state index in [1.54, 1.807) is 4.57 Å². The van der Waals surface area contributed by atoms with Gasteiger partial charge in [0, 0.05) is 15.7 Å². The number of hydrogen-bond donors (Lipinski definition) is 1. The monoisotopic (exact) mass is 729 g/mol. The number of anilines is 1. The molecule has 0 aliphatic carbocycles. The molecule has 6 aromatic rings. The van der Waals surface area contributed by atoms with E-state index in [0.29, 0.717) is 51.0 Å². The number of benzene rings is 5. The van der Waals surface area contributed by atoms with Gasteiger partial charge in [0.25, 0.3) is 11.5 Å². The first-order valence-corrected chi connectivity index (χ1v) is 17.5. The average molecular weight is 731 g/mol. The van der Waals surface area contributed by atoms with Crippen molar-refractivity contribution < 1.29 is 14.3 Å². The Kier molecular flexibility index (Phi) is 9.28. The number of hydrogen-bond acceptors (Lipinski definition) is 6. The van der Waals surface area contributed by atoms with Gasteiger partial charge in [-0.05, 0) is 84.3 Å². The number of carbonyl (C=O) groups excluding carboxylic acids is 1. The summed E-state index contributed by atoms with van der Waals surface area (Å²) in [5, 5.41) is 5.00. The van der Waals surface area contributed by atoms with Crippen LogP contribution in [0.15, 0.2) is 141 Å². The molecule has 49 heavy (non-hydrogen) atoms. The number of aromatic nitrogens is 1. The van der Waals surface area contributed by atoms with E-state index in [1.807, 2.05) is 135 Å². The highest BCUT2D eigenvalue weighted by atomic mass is 79.9. The van der Waals surface area contributed by atoms with Crippen LogP contribution in [0.2, 0.25) is 0 Å². The zero-order valence-corrected chi connectivity index (χ0v) is 29.3. The minimum Gasteiger partial charge on any atom is -0.494 e. The van der Waals surface area contributed by atoms with Crippen LogP contribution in [0.25, 0.3) is 16.8 Å². The molecule has 0 bridgehead atoms. The predicted molar refractivity (Wildman–Crippen MR) is 199 cm³/mol. The fourth-order valence-corrected chi connectivity index (χ4v) is 7.28. The summed E-state index contributed by atoms with van der Waals surface area (Å²) < 4.78 is 15.2. The molecule has 0 fully saturated rings. The maximum atomic E-state index is 14.5. The lowest BCUT2D eigenvalue weighted by atomic mass is 9.95. The van der Waals surface area contributed by atoms with E-state index in [0.717, 1.165) is 31.9 Å². The molecule has 5 aromatic carbocycles. The van der Waals surface area contributed by atoms with E-state index >= 15 is 0 Å². The normalized spacial score (nSPS) is 14.3. The summed E-state index contributed by atoms with van der Waals surface area (Å²) in [5.74, 6) is 1.05. The summed E-state index contributed by atoms with van der Waals surface area (Å²) in [6.07, 6.45) is 1.89. The maximum Gasteiger partial charge on any atom is 0.271 e. The number of fused-ring (bicyclic) bond motifs is 2. The lowest BCUT2D eigenvalue weighted by molar-refractivity contribution is -0.113. The van der Waals surface area contributed by atoms with Crippen molar-refractivity contribution in [3.05, 3.63) is 167 Å². The second-order valence-electron chi connectivity index (χ2n) is 11.5. The standard InChI is InChI=1S/C40H32BrN3O4S/c1-3-47-31-20-15-28(16-21-31)37-36(38(45)43-30-10-5-4-6-11-30)25(2)42-40-44(37)39(46)35(49-40)23-33-32-12-8-7-9-27(32)17-22-34(33)48-24-26-13-18-29(41)19-14-26/h4-23,37H,3,24H2,1-2H3,(H,43,45)/b35-23-/t37-/m0/s1. The number of halogens is 1. The van der Waals surface area contributed by atoms with Crippen molar-refractivity contribution in [2.45, 2.75) is 26.5 Å². The van der Waals surface area contributed by atoms with E-state index < -0.39 is 6.04 Å². The van der Waals surface area contributed by atoms with Gasteiger partial charge in [-0.3, -0.25) is 14.2 Å². The maximum absolute atomic E-state index is 14.5. The Balaban J connectivity index is 1.36. The Morgan fingerprint density at radius 2 is 1.65 bits per heavy atom. The molecule has 1 N–H and O–H groups in total. The van der Waals surface area contributed by atoms with Gasteiger partial charge >= 0.3 is 0 Å². The van der Waals surface area contributed by atoms with Crippen molar-refractivity contribution in [1.29, 1.82) is 0 Å². The number of amides is 1. The number of carbonyl (C=O) groups is 1. The highest BCUT2D eigenvalue weighted by Gasteiger charge is 2.32. The Hall–Kier alpha value is -5.25. The van der Waals surface area contributed by atoms with E-state index in [9.17, 15) is 9.59 Å². The van der Waals surface area contributed by atoms with Gasteiger partial charge in [0.2, 0.25) is 0 Å². The van der Waals surface area contributed by atoms with Gasteiger partial charge in [-0.15, -0.1) is 0 Å². The van der Waals surface area contributed by atoms with Crippen LogP contribution in [0.5, 0.6) is 11.5 Å². The van der Waals surface area contributed by atoms with E-state index in [-0.39, 0.29) is 11.5 Å². The lowest BCUT2D eigenvalue weighted by Gasteiger charge is -2.25. The summed E-state index contributed by atoms with van der Waals surface area (Å²) in [7, 11) is 0. The summed E-state index contributed by atoms with van der Waals surface area (Å²) in [5.41, 5.74) is 3.95. The summed E-state index contributed by atoms with van der Waals surface area (Å²) >= 11 is 4.79. The third-order valence-corrected chi connectivity index (χ3v) is 9.83. The van der Waals surface area contributed by atoms with Gasteiger partial charge in [0.1, 0.15) is 18.1 Å². The largest absolute Gasteiger partial charge is 0.494 e. The van der Waals surface area contributed by atoms with Gasteiger partial charge in [-0.1, -0.05) is 100 Å². The van der Waals surface area contributed by atoms with Crippen molar-refractivity contribution in [2.75, 3.05) is 11.9 Å². The summed E-state index contributed by atoms with van der Waals surface area (Å²) in [4.78, 5) is 33.8. The molecule has 1 aliphatic heterocycles. The number of nitrogens with zero attached hydrogens (tertiary/aromatic N) is 2. The molecular formula is C40H32BrN3O4S. The van der Waals surface area contributed by atoms with E-state index in [1.165, 1.54) is 11.3 Å². The smallest absolute Gasteiger partial charge is 0.271 e. The molecule has 1 amide bonds. The van der Waals surface area contributed by atoms with Gasteiger partial charge < -0.3 is 14.8 Å². The van der Waals surface area contributed by atoms with E-state index in [2.05, 4.69) is 21.2 Å². The van der Waals surface area contributed by atoms with Crippen molar-refractivity contribution in [2.24, 2.45) is 4.99 Å². The first-order valence-electron chi connectivity index (χ1n) is 15.9. The van der Waals surface area contributed by atoms with Crippen LogP contribution in [-0.2, 0) is 11.4 Å². The molecule has 244 valence electrons. The number of allylic oxidation sites excluding steroid dienone is 1. The Morgan fingerprint density at radius 3 is 2.41 bits per heavy atom. The molecule has 0 saturated heterocycles. The molecule has 1 aromatic heterocycles. The highest BCUT2D eigenvalue weighted by Crippen LogP contribution is 2.33. The SMILES string of the molecule is CCOc1ccc([C@H]2C(C(=O)Nc3ccccc3)=C(C)N=c3s/c(=C\c4c(OCc5ccc(Br)cc5)ccc5ccccc45)c(=O)n32)cc1. The fourth-order valence-electron chi connectivity index (χ4n) is 5.98. The number of nitrogens with one attached hydrogen (secondary N) is 1. The number of thiazole rings is 1. The third kappa shape index (κ3) is 6.72. The molecular weight excluding hydrogens is 698 g/mol. The molecule has 7 rings (SSSR count). The zero-order valence-electron chi connectivity index (χ0n) is 26.9. The van der Waals surface area contributed by atoms with Crippen LogP contribution in [0.4, 0.5) is 5.69 Å². The second kappa shape index (κ2) is 14.1. The van der Waals surface area contributed by atoms with Crippen molar-refractivity contribution in [3.63, 3.8) is 0 Å². The van der Waals surface area contributed by atoms with Crippen molar-refractivity contribution >= 4 is 55.7 Å². The predicted octanol–water partition coefficient (Wildman–Crippen LogP) is 7.77. The highest BCUT2D eigenvalue weighted by molar-refractivity contribution is 9.10. The molecule has 9 heteroatoms. The first kappa shape index (κ1) is 32.3. The third-order valence-electron chi connectivity index (χ3n) is 8.32. The van der Waals surface area contributed by atoms with Crippen molar-refractivity contribution in [3.8, 4) is 11.5 Å². The van der Waals surface area contributed by atoms with Crippen LogP contribution in [0.3, 0.4) is 0 Å². The van der Waals surface area contributed by atoms with Gasteiger partial charge in [-0.2, -0.15) is 0 Å². The molecule has 1 aliphatic rings. The molecule has 0 spiro atoms. The van der Waals surface area contributed by atoms with Crippen LogP contribution in [0.1, 0.15) is 36.6 Å². The van der Waals surface area contributed by atoms with Gasteiger partial charge in [0.15, 0.2) is 4.80 Å². The fraction of sp³-hybridized carbons (Fsp3) is 0.125. The molecule has 0 saturated carbocycles. The molecule has 2 heterocycles. The minimum atomic E-state index is -0.710. The van der Waals surface area contributed by atoms with Gasteiger partial charge in [0.05, 0.1) is 28.5 Å². The topological polar surface area (TPSA) is 81.9 Å². The first-order chi connectivity index (χ1) is 23.9. The number of para-hydroxylation sites is 1. The van der Waals surface area contributed by atoms with E-state index in [4.69, 9.17) is 14.5 Å². The molecule has 1 atom stereocenters. The quantitative estimate of drug-likeness (QED) is 0.165. The minimum absolute atomic E-state index is 0.244. The van der Waals surface area contributed by atoms with Crippen molar-refractivity contribution in [1.82, 2.24) is 4.57 Å². The van der Waals surface area contributed by atoms with Gasteiger partial charge in [-0.25, -0.2) is 4.99 Å². The zero-order chi connectivity index (χ0) is 33.9. The summed E-state index contributed by atoms with van der Waals surface area (Å²) in [6, 6.07) is 36.1. The Bertz CT molecular complexity index is 2380. The average Bonchev–Trinajstić information content (AvgIpc) is 3.42. The van der Waals surface area contributed by atoms with Crippen LogP contribution in [0, 0.1) is 0 Å². The molecule has 0 radical (unpaired) electrons. The Morgan fingerprint density at radius 1 is 0.918 bits per heavy atom. The van der Waals surface area contributed by atoms with Crippen LogP contribution < -0.4 is 29.7 Å². The lowest BCUT2D eigenvalue weighted by Crippen LogP contribution is -2.40. The Labute approximate surface area is 295 Å². The second-order valence-corrected chi connectivity index (χ2v) is 13.4. The number of ether oxygens (including phenoxy) is 2. The summed E-state index contributed by atoms with van der Waals surface area (Å²) in [6.45, 7) is 4.64.